The average molecular weight is 385 g/mol. The highest BCUT2D eigenvalue weighted by atomic mass is 16.5. The number of methoxy groups -OCH3 is 1. The fourth-order valence-electron chi connectivity index (χ4n) is 3.98. The maximum atomic E-state index is 13.3. The SMILES string of the molecule is CCN1C(=O)CC[C@@H](C(=O)N(C)Cc2cc(C)on2)[C@@H]1c1ccccc1OC. The molecular formula is C21H27N3O4. The van der Waals surface area contributed by atoms with Crippen LogP contribution in [0.25, 0.3) is 0 Å². The van der Waals surface area contributed by atoms with Crippen molar-refractivity contribution in [3.05, 3.63) is 47.3 Å². The number of hydrogen-bond donors (Lipinski definition) is 0. The molecule has 150 valence electrons. The summed E-state index contributed by atoms with van der Waals surface area (Å²) in [4.78, 5) is 29.4. The van der Waals surface area contributed by atoms with Gasteiger partial charge in [-0.15, -0.1) is 0 Å². The number of likely N-dealkylation sites (tertiary alicyclic amines) is 1. The minimum atomic E-state index is -0.351. The van der Waals surface area contributed by atoms with Gasteiger partial charge in [0.2, 0.25) is 11.8 Å². The fraction of sp³-hybridized carbons (Fsp3) is 0.476. The number of aromatic nitrogens is 1. The lowest BCUT2D eigenvalue weighted by atomic mass is 9.83. The Hall–Kier alpha value is -2.83. The molecule has 2 amide bonds. The molecule has 3 rings (SSSR count). The van der Waals surface area contributed by atoms with Gasteiger partial charge in [-0.1, -0.05) is 23.4 Å². The van der Waals surface area contributed by atoms with Gasteiger partial charge in [-0.25, -0.2) is 0 Å². The van der Waals surface area contributed by atoms with E-state index in [9.17, 15) is 9.59 Å². The first-order valence-electron chi connectivity index (χ1n) is 9.55. The molecule has 2 atom stereocenters. The molecule has 0 saturated carbocycles. The Morgan fingerprint density at radius 3 is 2.79 bits per heavy atom. The number of para-hydroxylation sites is 1. The lowest BCUT2D eigenvalue weighted by Gasteiger charge is -2.41. The van der Waals surface area contributed by atoms with Gasteiger partial charge in [0.15, 0.2) is 0 Å². The van der Waals surface area contributed by atoms with E-state index in [2.05, 4.69) is 5.16 Å². The molecule has 2 aromatic rings. The van der Waals surface area contributed by atoms with E-state index >= 15 is 0 Å². The van der Waals surface area contributed by atoms with Crippen LogP contribution in [0.1, 0.15) is 42.8 Å². The second-order valence-corrected chi connectivity index (χ2v) is 7.13. The maximum absolute atomic E-state index is 13.3. The molecule has 1 aromatic carbocycles. The van der Waals surface area contributed by atoms with E-state index in [0.717, 1.165) is 5.56 Å². The number of benzene rings is 1. The molecule has 7 nitrogen and oxygen atoms in total. The molecular weight excluding hydrogens is 358 g/mol. The summed E-state index contributed by atoms with van der Waals surface area (Å²) in [6.07, 6.45) is 0.881. The molecule has 2 heterocycles. The average Bonchev–Trinajstić information content (AvgIpc) is 3.11. The number of amides is 2. The van der Waals surface area contributed by atoms with Crippen LogP contribution in [0.5, 0.6) is 5.75 Å². The van der Waals surface area contributed by atoms with E-state index in [4.69, 9.17) is 9.26 Å². The molecule has 7 heteroatoms. The van der Waals surface area contributed by atoms with E-state index in [1.165, 1.54) is 0 Å². The summed E-state index contributed by atoms with van der Waals surface area (Å²) in [5.74, 6) is 1.11. The Labute approximate surface area is 165 Å². The Kier molecular flexibility index (Phi) is 6.02. The molecule has 0 N–H and O–H groups in total. The minimum Gasteiger partial charge on any atom is -0.496 e. The zero-order valence-corrected chi connectivity index (χ0v) is 16.8. The van der Waals surface area contributed by atoms with Gasteiger partial charge in [0, 0.05) is 31.6 Å². The normalized spacial score (nSPS) is 19.6. The van der Waals surface area contributed by atoms with Gasteiger partial charge in [0.1, 0.15) is 17.2 Å². The molecule has 1 aromatic heterocycles. The number of carbonyl (C=O) groups excluding carboxylic acids is 2. The first kappa shape index (κ1) is 19.9. The molecule has 1 aliphatic heterocycles. The van der Waals surface area contributed by atoms with Crippen LogP contribution in [-0.4, -0.2) is 47.5 Å². The summed E-state index contributed by atoms with van der Waals surface area (Å²) >= 11 is 0. The van der Waals surface area contributed by atoms with Crippen molar-refractivity contribution in [3.63, 3.8) is 0 Å². The lowest BCUT2D eigenvalue weighted by molar-refractivity contribution is -0.147. The monoisotopic (exact) mass is 385 g/mol. The van der Waals surface area contributed by atoms with E-state index in [1.54, 1.807) is 24.0 Å². The van der Waals surface area contributed by atoms with Crippen LogP contribution >= 0.6 is 0 Å². The predicted octanol–water partition coefficient (Wildman–Crippen LogP) is 2.95. The maximum Gasteiger partial charge on any atom is 0.228 e. The van der Waals surface area contributed by atoms with Gasteiger partial charge in [0.05, 0.1) is 25.6 Å². The number of ether oxygens (including phenoxy) is 1. The van der Waals surface area contributed by atoms with E-state index in [-0.39, 0.29) is 23.8 Å². The molecule has 1 aliphatic rings. The zero-order chi connectivity index (χ0) is 20.3. The first-order chi connectivity index (χ1) is 13.5. The number of carbonyl (C=O) groups is 2. The van der Waals surface area contributed by atoms with Crippen molar-refractivity contribution in [2.75, 3.05) is 20.7 Å². The van der Waals surface area contributed by atoms with Crippen molar-refractivity contribution in [2.24, 2.45) is 5.92 Å². The number of aryl methyl sites for hydroxylation is 1. The Balaban J connectivity index is 1.92. The fourth-order valence-corrected chi connectivity index (χ4v) is 3.98. The van der Waals surface area contributed by atoms with Crippen LogP contribution in [0.15, 0.2) is 34.9 Å². The van der Waals surface area contributed by atoms with E-state index < -0.39 is 0 Å². The Morgan fingerprint density at radius 1 is 1.39 bits per heavy atom. The molecule has 1 saturated heterocycles. The summed E-state index contributed by atoms with van der Waals surface area (Å²) in [5.41, 5.74) is 1.57. The van der Waals surface area contributed by atoms with Crippen molar-refractivity contribution in [1.82, 2.24) is 15.0 Å². The molecule has 1 fully saturated rings. The van der Waals surface area contributed by atoms with Crippen LogP contribution in [0.4, 0.5) is 0 Å². The van der Waals surface area contributed by atoms with Crippen molar-refractivity contribution in [3.8, 4) is 5.75 Å². The summed E-state index contributed by atoms with van der Waals surface area (Å²) in [6.45, 7) is 4.67. The molecule has 28 heavy (non-hydrogen) atoms. The Morgan fingerprint density at radius 2 is 2.14 bits per heavy atom. The smallest absolute Gasteiger partial charge is 0.228 e. The van der Waals surface area contributed by atoms with Gasteiger partial charge in [-0.2, -0.15) is 0 Å². The largest absolute Gasteiger partial charge is 0.496 e. The summed E-state index contributed by atoms with van der Waals surface area (Å²) in [6, 6.07) is 9.08. The highest BCUT2D eigenvalue weighted by molar-refractivity contribution is 5.85. The van der Waals surface area contributed by atoms with Crippen molar-refractivity contribution >= 4 is 11.8 Å². The van der Waals surface area contributed by atoms with Crippen LogP contribution in [0.3, 0.4) is 0 Å². The van der Waals surface area contributed by atoms with Gasteiger partial charge in [0.25, 0.3) is 0 Å². The number of nitrogens with zero attached hydrogens (tertiary/aromatic N) is 3. The molecule has 0 bridgehead atoms. The zero-order valence-electron chi connectivity index (χ0n) is 16.8. The predicted molar refractivity (Wildman–Crippen MR) is 104 cm³/mol. The quantitative estimate of drug-likeness (QED) is 0.764. The third kappa shape index (κ3) is 3.88. The van der Waals surface area contributed by atoms with Crippen molar-refractivity contribution in [2.45, 2.75) is 39.3 Å². The topological polar surface area (TPSA) is 75.9 Å². The standard InChI is InChI=1S/C21H27N3O4/c1-5-24-19(25)11-10-17(20(24)16-8-6-7-9-18(16)27-4)21(26)23(3)13-15-12-14(2)28-22-15/h6-9,12,17,20H,5,10-11,13H2,1-4H3/t17-,20+/m1/s1. The number of hydrogen-bond acceptors (Lipinski definition) is 5. The summed E-state index contributed by atoms with van der Waals surface area (Å²) in [5, 5.41) is 3.98. The van der Waals surface area contributed by atoms with Gasteiger partial charge in [-0.05, 0) is 26.3 Å². The van der Waals surface area contributed by atoms with Crippen LogP contribution in [0, 0.1) is 12.8 Å². The second-order valence-electron chi connectivity index (χ2n) is 7.13. The van der Waals surface area contributed by atoms with Gasteiger partial charge >= 0.3 is 0 Å². The lowest BCUT2D eigenvalue weighted by Crippen LogP contribution is -2.48. The van der Waals surface area contributed by atoms with Crippen LogP contribution in [0.2, 0.25) is 0 Å². The molecule has 0 aliphatic carbocycles. The van der Waals surface area contributed by atoms with Crippen molar-refractivity contribution in [1.29, 1.82) is 0 Å². The highest BCUT2D eigenvalue weighted by Gasteiger charge is 2.42. The summed E-state index contributed by atoms with van der Waals surface area (Å²) < 4.78 is 10.6. The highest BCUT2D eigenvalue weighted by Crippen LogP contribution is 2.41. The number of rotatable bonds is 6. The Bertz CT molecular complexity index is 848. The van der Waals surface area contributed by atoms with E-state index in [0.29, 0.717) is 43.1 Å². The van der Waals surface area contributed by atoms with Crippen LogP contribution < -0.4 is 4.74 Å². The van der Waals surface area contributed by atoms with Gasteiger partial charge < -0.3 is 19.1 Å². The van der Waals surface area contributed by atoms with E-state index in [1.807, 2.05) is 44.2 Å². The second kappa shape index (κ2) is 8.46. The molecule has 0 radical (unpaired) electrons. The van der Waals surface area contributed by atoms with Crippen LogP contribution in [-0.2, 0) is 16.1 Å². The molecule has 0 spiro atoms. The molecule has 0 unspecified atom stereocenters. The summed E-state index contributed by atoms with van der Waals surface area (Å²) in [7, 11) is 3.37. The number of piperidine rings is 1. The third-order valence-corrected chi connectivity index (χ3v) is 5.27. The minimum absolute atomic E-state index is 0.0116. The third-order valence-electron chi connectivity index (χ3n) is 5.27. The van der Waals surface area contributed by atoms with Gasteiger partial charge in [-0.3, -0.25) is 9.59 Å². The first-order valence-corrected chi connectivity index (χ1v) is 9.55. The van der Waals surface area contributed by atoms with Crippen molar-refractivity contribution < 1.29 is 18.8 Å².